The molecule has 4 amide bonds. The van der Waals surface area contributed by atoms with Gasteiger partial charge in [-0.2, -0.15) is 0 Å². The van der Waals surface area contributed by atoms with Crippen LogP contribution in [0.2, 0.25) is 5.02 Å². The Morgan fingerprint density at radius 3 is 2.42 bits per heavy atom. The van der Waals surface area contributed by atoms with E-state index in [1.807, 2.05) is 13.8 Å². The smallest absolute Gasteiger partial charge is 0.331 e. The summed E-state index contributed by atoms with van der Waals surface area (Å²) in [6.45, 7) is 4.78. The number of halogens is 2. The Hall–Kier alpha value is -4.37. The number of amides is 4. The number of nitrogens with zero attached hydrogens (tertiary/aromatic N) is 1. The summed E-state index contributed by atoms with van der Waals surface area (Å²) in [5.74, 6) is -0.518. The molecule has 1 aliphatic heterocycles. The maximum atomic E-state index is 13.4. The number of hydrogen-bond acceptors (Lipinski definition) is 6. The number of hydrogen-bond donors (Lipinski definition) is 1. The lowest BCUT2D eigenvalue weighted by Crippen LogP contribution is -2.53. The van der Waals surface area contributed by atoms with E-state index in [1.165, 1.54) is 24.3 Å². The van der Waals surface area contributed by atoms with Crippen molar-refractivity contribution in [1.29, 1.82) is 0 Å². The minimum atomic E-state index is -0.824. The van der Waals surface area contributed by atoms with Gasteiger partial charge in [-0.15, -0.1) is 0 Å². The Labute approximate surface area is 236 Å². The van der Waals surface area contributed by atoms with Crippen molar-refractivity contribution in [1.82, 2.24) is 10.2 Å². The van der Waals surface area contributed by atoms with E-state index < -0.39 is 17.8 Å². The molecule has 0 radical (unpaired) electrons. The Balaban J connectivity index is 1.51. The molecule has 1 saturated heterocycles. The van der Waals surface area contributed by atoms with Gasteiger partial charge in [-0.3, -0.25) is 19.8 Å². The molecule has 208 valence electrons. The molecular weight excluding hydrogens is 539 g/mol. The van der Waals surface area contributed by atoms with Gasteiger partial charge in [0.15, 0.2) is 11.5 Å². The van der Waals surface area contributed by atoms with Crippen LogP contribution in [0.4, 0.5) is 9.18 Å². The van der Waals surface area contributed by atoms with E-state index in [9.17, 15) is 18.8 Å². The molecule has 0 aliphatic carbocycles. The van der Waals surface area contributed by atoms with Crippen molar-refractivity contribution in [2.24, 2.45) is 0 Å². The number of nitrogens with one attached hydrogen (secondary N) is 1. The first kappa shape index (κ1) is 28.6. The van der Waals surface area contributed by atoms with Gasteiger partial charge < -0.3 is 14.2 Å². The Kier molecular flexibility index (Phi) is 9.39. The molecule has 1 aliphatic rings. The molecule has 3 aromatic carbocycles. The zero-order valence-electron chi connectivity index (χ0n) is 22.0. The Morgan fingerprint density at radius 1 is 0.900 bits per heavy atom. The zero-order valence-corrected chi connectivity index (χ0v) is 22.8. The van der Waals surface area contributed by atoms with Crippen LogP contribution < -0.4 is 19.5 Å². The fraction of sp³-hybridized carbons (Fsp3) is 0.233. The molecular formula is C30H28ClFN2O6. The van der Waals surface area contributed by atoms with Crippen LogP contribution in [-0.2, 0) is 22.7 Å². The molecule has 3 aromatic rings. The first-order chi connectivity index (χ1) is 19.3. The van der Waals surface area contributed by atoms with Crippen LogP contribution in [0.15, 0.2) is 66.2 Å². The monoisotopic (exact) mass is 566 g/mol. The van der Waals surface area contributed by atoms with Gasteiger partial charge in [0.2, 0.25) is 0 Å². The standard InChI is InChI=1S/C30H28ClFN2O6/c1-3-12-39-26-11-9-20(16-27(26)38-4-2)17-34-29(36)23(28(35)33-30(34)37)14-19-8-10-25(24(31)15-19)40-18-21-6-5-7-22(32)13-21/h5-11,13-16H,3-4,12,17-18H2,1-2H3,(H,33,35,37)/b23-14+. The summed E-state index contributed by atoms with van der Waals surface area (Å²) in [6.07, 6.45) is 2.18. The number of imide groups is 2. The summed E-state index contributed by atoms with van der Waals surface area (Å²) >= 11 is 6.36. The van der Waals surface area contributed by atoms with Crippen molar-refractivity contribution in [2.75, 3.05) is 13.2 Å². The van der Waals surface area contributed by atoms with E-state index in [4.69, 9.17) is 25.8 Å². The number of rotatable bonds is 11. The Morgan fingerprint density at radius 2 is 1.70 bits per heavy atom. The topological polar surface area (TPSA) is 94.2 Å². The maximum Gasteiger partial charge on any atom is 0.331 e. The summed E-state index contributed by atoms with van der Waals surface area (Å²) < 4.78 is 30.5. The van der Waals surface area contributed by atoms with Crippen LogP contribution in [0.1, 0.15) is 37.0 Å². The average Bonchev–Trinajstić information content (AvgIpc) is 2.92. The number of urea groups is 1. The van der Waals surface area contributed by atoms with Crippen LogP contribution in [0.25, 0.3) is 6.08 Å². The van der Waals surface area contributed by atoms with Gasteiger partial charge in [0.05, 0.1) is 24.8 Å². The second-order valence-corrected chi connectivity index (χ2v) is 9.29. The number of benzene rings is 3. The SMILES string of the molecule is CCCOc1ccc(CN2C(=O)NC(=O)/C(=C\c3ccc(OCc4cccc(F)c4)c(Cl)c3)C2=O)cc1OCC. The first-order valence-corrected chi connectivity index (χ1v) is 13.1. The minimum absolute atomic E-state index is 0.0863. The fourth-order valence-electron chi connectivity index (χ4n) is 3.95. The number of barbiturate groups is 1. The van der Waals surface area contributed by atoms with Crippen LogP contribution in [0, 0.1) is 5.82 Å². The highest BCUT2D eigenvalue weighted by molar-refractivity contribution is 6.33. The fourth-order valence-corrected chi connectivity index (χ4v) is 4.19. The van der Waals surface area contributed by atoms with Crippen LogP contribution >= 0.6 is 11.6 Å². The summed E-state index contributed by atoms with van der Waals surface area (Å²) in [6, 6.07) is 15.1. The summed E-state index contributed by atoms with van der Waals surface area (Å²) in [4.78, 5) is 39.3. The van der Waals surface area contributed by atoms with E-state index in [-0.39, 0.29) is 29.6 Å². The third-order valence-corrected chi connectivity index (χ3v) is 6.14. The van der Waals surface area contributed by atoms with E-state index in [1.54, 1.807) is 42.5 Å². The molecule has 10 heteroatoms. The van der Waals surface area contributed by atoms with Gasteiger partial charge in [-0.05, 0) is 72.5 Å². The molecule has 1 fully saturated rings. The van der Waals surface area contributed by atoms with Gasteiger partial charge >= 0.3 is 6.03 Å². The normalized spacial score (nSPS) is 14.3. The van der Waals surface area contributed by atoms with E-state index in [0.29, 0.717) is 47.2 Å². The zero-order chi connectivity index (χ0) is 28.6. The van der Waals surface area contributed by atoms with Gasteiger partial charge in [0.25, 0.3) is 11.8 Å². The second kappa shape index (κ2) is 13.1. The molecule has 4 rings (SSSR count). The molecule has 8 nitrogen and oxygen atoms in total. The number of carbonyl (C=O) groups excluding carboxylic acids is 3. The maximum absolute atomic E-state index is 13.4. The van der Waals surface area contributed by atoms with Gasteiger partial charge in [-0.1, -0.05) is 42.8 Å². The highest BCUT2D eigenvalue weighted by atomic mass is 35.5. The summed E-state index contributed by atoms with van der Waals surface area (Å²) in [7, 11) is 0. The molecule has 0 atom stereocenters. The second-order valence-electron chi connectivity index (χ2n) is 8.88. The summed E-state index contributed by atoms with van der Waals surface area (Å²) in [5, 5.41) is 2.45. The van der Waals surface area contributed by atoms with Crippen molar-refractivity contribution in [3.63, 3.8) is 0 Å². The molecule has 40 heavy (non-hydrogen) atoms. The van der Waals surface area contributed by atoms with Crippen LogP contribution in [0.5, 0.6) is 17.2 Å². The molecule has 0 unspecified atom stereocenters. The van der Waals surface area contributed by atoms with Crippen molar-refractivity contribution < 1.29 is 33.0 Å². The van der Waals surface area contributed by atoms with Crippen molar-refractivity contribution in [2.45, 2.75) is 33.4 Å². The minimum Gasteiger partial charge on any atom is -0.490 e. The summed E-state index contributed by atoms with van der Waals surface area (Å²) in [5.41, 5.74) is 1.48. The number of ether oxygens (including phenoxy) is 3. The number of carbonyl (C=O) groups is 3. The van der Waals surface area contributed by atoms with E-state index in [0.717, 1.165) is 11.3 Å². The first-order valence-electron chi connectivity index (χ1n) is 12.7. The van der Waals surface area contributed by atoms with Crippen LogP contribution in [-0.4, -0.2) is 36.0 Å². The largest absolute Gasteiger partial charge is 0.490 e. The van der Waals surface area contributed by atoms with Crippen molar-refractivity contribution in [3.8, 4) is 17.2 Å². The third kappa shape index (κ3) is 6.98. The van der Waals surface area contributed by atoms with Gasteiger partial charge in [-0.25, -0.2) is 9.18 Å². The lowest BCUT2D eigenvalue weighted by molar-refractivity contribution is -0.130. The lowest BCUT2D eigenvalue weighted by atomic mass is 10.1. The molecule has 0 spiro atoms. The average molecular weight is 567 g/mol. The van der Waals surface area contributed by atoms with E-state index >= 15 is 0 Å². The third-order valence-electron chi connectivity index (χ3n) is 5.85. The van der Waals surface area contributed by atoms with Gasteiger partial charge in [0.1, 0.15) is 23.7 Å². The molecule has 1 N–H and O–H groups in total. The molecule has 1 heterocycles. The highest BCUT2D eigenvalue weighted by Gasteiger charge is 2.35. The van der Waals surface area contributed by atoms with Crippen molar-refractivity contribution >= 4 is 35.5 Å². The highest BCUT2D eigenvalue weighted by Crippen LogP contribution is 2.31. The van der Waals surface area contributed by atoms with Crippen LogP contribution in [0.3, 0.4) is 0 Å². The molecule has 0 saturated carbocycles. The van der Waals surface area contributed by atoms with Gasteiger partial charge in [0, 0.05) is 0 Å². The lowest BCUT2D eigenvalue weighted by Gasteiger charge is -2.26. The Bertz CT molecular complexity index is 1460. The quantitative estimate of drug-likeness (QED) is 0.229. The predicted molar refractivity (Wildman–Crippen MR) is 148 cm³/mol. The molecule has 0 bridgehead atoms. The van der Waals surface area contributed by atoms with E-state index in [2.05, 4.69) is 5.32 Å². The molecule has 0 aromatic heterocycles. The predicted octanol–water partition coefficient (Wildman–Crippen LogP) is 5.91. The van der Waals surface area contributed by atoms with Crippen molar-refractivity contribution in [3.05, 3.63) is 93.8 Å².